The zero-order valence-electron chi connectivity index (χ0n) is 14.4. The van der Waals surface area contributed by atoms with E-state index in [0.717, 1.165) is 52.6 Å². The standard InChI is InChI=1S/C19H22BrClN2O2/c1-24-14-9-13(10-15(11-14)25-2)22-5-6-23-19-4-3-16-17(19)7-12(21)8-18(16)20/h7-11,19,22-23H,3-6H2,1-2H3. The van der Waals surface area contributed by atoms with Crippen LogP contribution in [0.2, 0.25) is 5.02 Å². The molecule has 0 spiro atoms. The zero-order chi connectivity index (χ0) is 17.8. The summed E-state index contributed by atoms with van der Waals surface area (Å²) in [4.78, 5) is 0. The van der Waals surface area contributed by atoms with Crippen LogP contribution in [0, 0.1) is 0 Å². The maximum atomic E-state index is 6.20. The van der Waals surface area contributed by atoms with E-state index in [0.29, 0.717) is 6.04 Å². The molecule has 0 radical (unpaired) electrons. The molecule has 2 aromatic rings. The van der Waals surface area contributed by atoms with Crippen molar-refractivity contribution in [3.8, 4) is 11.5 Å². The van der Waals surface area contributed by atoms with E-state index in [-0.39, 0.29) is 0 Å². The lowest BCUT2D eigenvalue weighted by Crippen LogP contribution is -2.25. The molecule has 0 saturated carbocycles. The van der Waals surface area contributed by atoms with Crippen LogP contribution in [0.3, 0.4) is 0 Å². The van der Waals surface area contributed by atoms with Crippen LogP contribution in [0.4, 0.5) is 5.69 Å². The molecule has 1 aliphatic carbocycles. The van der Waals surface area contributed by atoms with Crippen molar-refractivity contribution in [2.45, 2.75) is 18.9 Å². The van der Waals surface area contributed by atoms with Crippen molar-refractivity contribution in [2.75, 3.05) is 32.6 Å². The van der Waals surface area contributed by atoms with Crippen LogP contribution < -0.4 is 20.1 Å². The molecule has 6 heteroatoms. The fourth-order valence-corrected chi connectivity index (χ4v) is 4.25. The summed E-state index contributed by atoms with van der Waals surface area (Å²) in [6.45, 7) is 1.66. The number of benzene rings is 2. The first-order valence-electron chi connectivity index (χ1n) is 8.29. The molecule has 4 nitrogen and oxygen atoms in total. The van der Waals surface area contributed by atoms with E-state index in [1.54, 1.807) is 14.2 Å². The number of fused-ring (bicyclic) bond motifs is 1. The van der Waals surface area contributed by atoms with E-state index < -0.39 is 0 Å². The van der Waals surface area contributed by atoms with Crippen LogP contribution in [0.25, 0.3) is 0 Å². The number of rotatable bonds is 7. The zero-order valence-corrected chi connectivity index (χ0v) is 16.7. The normalized spacial score (nSPS) is 15.8. The highest BCUT2D eigenvalue weighted by Gasteiger charge is 2.24. The first kappa shape index (κ1) is 18.4. The van der Waals surface area contributed by atoms with Gasteiger partial charge < -0.3 is 20.1 Å². The Bertz CT molecular complexity index is 732. The van der Waals surface area contributed by atoms with Crippen molar-refractivity contribution in [2.24, 2.45) is 0 Å². The van der Waals surface area contributed by atoms with E-state index in [4.69, 9.17) is 21.1 Å². The topological polar surface area (TPSA) is 42.5 Å². The Morgan fingerprint density at radius 1 is 1.08 bits per heavy atom. The molecule has 3 rings (SSSR count). The van der Waals surface area contributed by atoms with Gasteiger partial charge in [-0.2, -0.15) is 0 Å². The third-order valence-electron chi connectivity index (χ3n) is 4.45. The molecule has 0 amide bonds. The van der Waals surface area contributed by atoms with Gasteiger partial charge in [0.05, 0.1) is 14.2 Å². The summed E-state index contributed by atoms with van der Waals surface area (Å²) in [5, 5.41) is 7.80. The van der Waals surface area contributed by atoms with E-state index in [1.807, 2.05) is 24.3 Å². The van der Waals surface area contributed by atoms with Gasteiger partial charge in [-0.1, -0.05) is 27.5 Å². The van der Waals surface area contributed by atoms with Gasteiger partial charge >= 0.3 is 0 Å². The molecule has 0 aromatic heterocycles. The van der Waals surface area contributed by atoms with E-state index in [9.17, 15) is 0 Å². The number of halogens is 2. The van der Waals surface area contributed by atoms with Crippen LogP contribution in [0.15, 0.2) is 34.8 Å². The van der Waals surface area contributed by atoms with Gasteiger partial charge in [-0.15, -0.1) is 0 Å². The highest BCUT2D eigenvalue weighted by Crippen LogP contribution is 2.37. The third-order valence-corrected chi connectivity index (χ3v) is 5.38. The highest BCUT2D eigenvalue weighted by molar-refractivity contribution is 9.10. The van der Waals surface area contributed by atoms with E-state index in [2.05, 4.69) is 32.6 Å². The minimum Gasteiger partial charge on any atom is -0.497 e. The number of methoxy groups -OCH3 is 2. The maximum Gasteiger partial charge on any atom is 0.124 e. The van der Waals surface area contributed by atoms with Gasteiger partial charge in [-0.25, -0.2) is 0 Å². The smallest absolute Gasteiger partial charge is 0.124 e. The molecule has 25 heavy (non-hydrogen) atoms. The van der Waals surface area contributed by atoms with Gasteiger partial charge in [-0.3, -0.25) is 0 Å². The minimum absolute atomic E-state index is 0.353. The van der Waals surface area contributed by atoms with Crippen LogP contribution in [0.5, 0.6) is 11.5 Å². The predicted molar refractivity (Wildman–Crippen MR) is 106 cm³/mol. The molecule has 0 saturated heterocycles. The van der Waals surface area contributed by atoms with Gasteiger partial charge in [0.15, 0.2) is 0 Å². The van der Waals surface area contributed by atoms with Crippen LogP contribution in [0.1, 0.15) is 23.6 Å². The molecule has 1 unspecified atom stereocenters. The monoisotopic (exact) mass is 424 g/mol. The number of anilines is 1. The van der Waals surface area contributed by atoms with Crippen molar-refractivity contribution in [3.63, 3.8) is 0 Å². The first-order chi connectivity index (χ1) is 12.1. The molecule has 2 aromatic carbocycles. The Morgan fingerprint density at radius 3 is 2.48 bits per heavy atom. The number of hydrogen-bond acceptors (Lipinski definition) is 4. The quantitative estimate of drug-likeness (QED) is 0.625. The summed E-state index contributed by atoms with van der Waals surface area (Å²) in [7, 11) is 3.31. The number of ether oxygens (including phenoxy) is 2. The predicted octanol–water partition coefficient (Wildman–Crippen LogP) is 4.81. The fraction of sp³-hybridized carbons (Fsp3) is 0.368. The summed E-state index contributed by atoms with van der Waals surface area (Å²) in [6.07, 6.45) is 2.17. The second-order valence-electron chi connectivity index (χ2n) is 6.03. The number of nitrogens with one attached hydrogen (secondary N) is 2. The molecule has 0 bridgehead atoms. The fourth-order valence-electron chi connectivity index (χ4n) is 3.22. The van der Waals surface area contributed by atoms with Crippen molar-refractivity contribution < 1.29 is 9.47 Å². The first-order valence-corrected chi connectivity index (χ1v) is 9.46. The average Bonchev–Trinajstić information content (AvgIpc) is 3.01. The second kappa shape index (κ2) is 8.30. The minimum atomic E-state index is 0.353. The lowest BCUT2D eigenvalue weighted by molar-refractivity contribution is 0.394. The molecule has 1 aliphatic rings. The molecule has 2 N–H and O–H groups in total. The SMILES string of the molecule is COc1cc(NCCNC2CCc3c(Br)cc(Cl)cc32)cc(OC)c1. The Labute approximate surface area is 162 Å². The Morgan fingerprint density at radius 2 is 1.80 bits per heavy atom. The van der Waals surface area contributed by atoms with Crippen molar-refractivity contribution in [1.29, 1.82) is 0 Å². The van der Waals surface area contributed by atoms with E-state index >= 15 is 0 Å². The summed E-state index contributed by atoms with van der Waals surface area (Å²) in [6, 6.07) is 10.2. The van der Waals surface area contributed by atoms with Crippen LogP contribution in [-0.4, -0.2) is 27.3 Å². The molecule has 0 fully saturated rings. The van der Waals surface area contributed by atoms with Gasteiger partial charge in [0.25, 0.3) is 0 Å². The summed E-state index contributed by atoms with van der Waals surface area (Å²) < 4.78 is 11.7. The van der Waals surface area contributed by atoms with E-state index in [1.165, 1.54) is 11.1 Å². The van der Waals surface area contributed by atoms with Crippen molar-refractivity contribution in [3.05, 3.63) is 51.0 Å². The van der Waals surface area contributed by atoms with Crippen molar-refractivity contribution in [1.82, 2.24) is 5.32 Å². The van der Waals surface area contributed by atoms with Gasteiger partial charge in [0, 0.05) is 52.5 Å². The largest absolute Gasteiger partial charge is 0.497 e. The molecule has 1 atom stereocenters. The summed E-state index contributed by atoms with van der Waals surface area (Å²) >= 11 is 9.82. The molecule has 0 aliphatic heterocycles. The second-order valence-corrected chi connectivity index (χ2v) is 7.32. The summed E-state index contributed by atoms with van der Waals surface area (Å²) in [5.74, 6) is 1.55. The summed E-state index contributed by atoms with van der Waals surface area (Å²) in [5.41, 5.74) is 3.66. The Balaban J connectivity index is 1.55. The Hall–Kier alpha value is -1.43. The van der Waals surface area contributed by atoms with Crippen LogP contribution in [-0.2, 0) is 6.42 Å². The molecular formula is C19H22BrClN2O2. The molecular weight excluding hydrogens is 404 g/mol. The Kier molecular flexibility index (Phi) is 6.10. The van der Waals surface area contributed by atoms with Gasteiger partial charge in [-0.05, 0) is 36.1 Å². The highest BCUT2D eigenvalue weighted by atomic mass is 79.9. The number of hydrogen-bond donors (Lipinski definition) is 2. The third kappa shape index (κ3) is 4.40. The van der Waals surface area contributed by atoms with Gasteiger partial charge in [0.2, 0.25) is 0 Å². The molecule has 0 heterocycles. The van der Waals surface area contributed by atoms with Crippen molar-refractivity contribution >= 4 is 33.2 Å². The lowest BCUT2D eigenvalue weighted by Gasteiger charge is -2.16. The molecule has 134 valence electrons. The average molecular weight is 426 g/mol. The van der Waals surface area contributed by atoms with Gasteiger partial charge in [0.1, 0.15) is 11.5 Å². The maximum absolute atomic E-state index is 6.20. The van der Waals surface area contributed by atoms with Crippen LogP contribution >= 0.6 is 27.5 Å². The lowest BCUT2D eigenvalue weighted by atomic mass is 10.1.